The van der Waals surface area contributed by atoms with E-state index in [2.05, 4.69) is 26.2 Å². The lowest BCUT2D eigenvalue weighted by molar-refractivity contribution is -0.124. The highest BCUT2D eigenvalue weighted by Gasteiger charge is 2.31. The summed E-state index contributed by atoms with van der Waals surface area (Å²) in [6, 6.07) is 1.41. The summed E-state index contributed by atoms with van der Waals surface area (Å²) in [4.78, 5) is 18.3. The van der Waals surface area contributed by atoms with E-state index in [4.69, 9.17) is 16.3 Å². The summed E-state index contributed by atoms with van der Waals surface area (Å²) in [6.45, 7) is 4.05. The maximum Gasteiger partial charge on any atom is 0.245 e. The van der Waals surface area contributed by atoms with E-state index in [-0.39, 0.29) is 11.9 Å². The lowest BCUT2D eigenvalue weighted by Crippen LogP contribution is -2.54. The van der Waals surface area contributed by atoms with Gasteiger partial charge < -0.3 is 15.0 Å². The van der Waals surface area contributed by atoms with Gasteiger partial charge >= 0.3 is 0 Å². The number of halogens is 2. The molecular weight excluding hydrogens is 334 g/mol. The standard InChI is InChI=1S/C12H15BrClN3O2/c1-2-15-12(18)10-7-19-4-3-17(10)11-9(13)5-8(14)6-16-11/h5-6,10H,2-4,7H2,1H3,(H,15,18). The summed E-state index contributed by atoms with van der Waals surface area (Å²) >= 11 is 9.33. The molecule has 1 N–H and O–H groups in total. The molecule has 19 heavy (non-hydrogen) atoms. The van der Waals surface area contributed by atoms with Crippen molar-refractivity contribution in [2.24, 2.45) is 0 Å². The molecule has 1 saturated heterocycles. The van der Waals surface area contributed by atoms with Gasteiger partial charge in [-0.25, -0.2) is 4.98 Å². The van der Waals surface area contributed by atoms with Crippen LogP contribution in [0.2, 0.25) is 5.02 Å². The third kappa shape index (κ3) is 3.38. The SMILES string of the molecule is CCNC(=O)C1COCCN1c1ncc(Cl)cc1Br. The first-order valence-electron chi connectivity index (χ1n) is 6.06. The van der Waals surface area contributed by atoms with Crippen LogP contribution in [0.3, 0.4) is 0 Å². The predicted molar refractivity (Wildman–Crippen MR) is 77.6 cm³/mol. The van der Waals surface area contributed by atoms with Crippen LogP contribution in [0.15, 0.2) is 16.7 Å². The highest BCUT2D eigenvalue weighted by molar-refractivity contribution is 9.10. The Kier molecular flexibility index (Phi) is 5.01. The first-order valence-corrected chi connectivity index (χ1v) is 7.23. The zero-order chi connectivity index (χ0) is 13.8. The van der Waals surface area contributed by atoms with Crippen LogP contribution in [0.1, 0.15) is 6.92 Å². The fourth-order valence-corrected chi connectivity index (χ4v) is 2.85. The Morgan fingerprint density at radius 2 is 2.53 bits per heavy atom. The molecule has 0 radical (unpaired) electrons. The van der Waals surface area contributed by atoms with Gasteiger partial charge in [-0.05, 0) is 28.9 Å². The Hall–Kier alpha value is -0.850. The van der Waals surface area contributed by atoms with Gasteiger partial charge in [-0.15, -0.1) is 0 Å². The summed E-state index contributed by atoms with van der Waals surface area (Å²) < 4.78 is 6.17. The first kappa shape index (κ1) is 14.6. The normalized spacial score (nSPS) is 19.3. The van der Waals surface area contributed by atoms with E-state index in [1.54, 1.807) is 12.3 Å². The Morgan fingerprint density at radius 1 is 1.74 bits per heavy atom. The zero-order valence-corrected chi connectivity index (χ0v) is 12.9. The van der Waals surface area contributed by atoms with Crippen molar-refractivity contribution in [3.8, 4) is 0 Å². The molecule has 1 unspecified atom stereocenters. The number of carbonyl (C=O) groups excluding carboxylic acids is 1. The molecule has 0 bridgehead atoms. The Bertz CT molecular complexity index is 472. The van der Waals surface area contributed by atoms with Crippen LogP contribution in [-0.4, -0.2) is 43.2 Å². The third-order valence-corrected chi connectivity index (χ3v) is 3.63. The summed E-state index contributed by atoms with van der Waals surface area (Å²) in [5.41, 5.74) is 0. The topological polar surface area (TPSA) is 54.5 Å². The fraction of sp³-hybridized carbons (Fsp3) is 0.500. The van der Waals surface area contributed by atoms with Crippen molar-refractivity contribution >= 4 is 39.3 Å². The number of carbonyl (C=O) groups is 1. The summed E-state index contributed by atoms with van der Waals surface area (Å²) in [5, 5.41) is 3.37. The number of likely N-dealkylation sites (N-methyl/N-ethyl adjacent to an activating group) is 1. The second-order valence-electron chi connectivity index (χ2n) is 4.14. The van der Waals surface area contributed by atoms with Crippen molar-refractivity contribution in [2.45, 2.75) is 13.0 Å². The average Bonchev–Trinajstić information content (AvgIpc) is 2.39. The molecule has 7 heteroatoms. The van der Waals surface area contributed by atoms with Crippen LogP contribution in [-0.2, 0) is 9.53 Å². The smallest absolute Gasteiger partial charge is 0.245 e. The highest BCUT2D eigenvalue weighted by Crippen LogP contribution is 2.28. The van der Waals surface area contributed by atoms with Crippen molar-refractivity contribution in [3.63, 3.8) is 0 Å². The molecule has 1 aromatic heterocycles. The van der Waals surface area contributed by atoms with Crippen molar-refractivity contribution in [1.29, 1.82) is 0 Å². The first-order chi connectivity index (χ1) is 9.13. The number of morpholine rings is 1. The van der Waals surface area contributed by atoms with Gasteiger partial charge in [0, 0.05) is 19.3 Å². The van der Waals surface area contributed by atoms with Crippen molar-refractivity contribution in [3.05, 3.63) is 21.8 Å². The average molecular weight is 349 g/mol. The largest absolute Gasteiger partial charge is 0.377 e. The van der Waals surface area contributed by atoms with E-state index in [0.29, 0.717) is 37.1 Å². The molecule has 2 heterocycles. The molecular formula is C12H15BrClN3O2. The van der Waals surface area contributed by atoms with Gasteiger partial charge in [-0.2, -0.15) is 0 Å². The summed E-state index contributed by atoms with van der Waals surface area (Å²) in [5.74, 6) is 0.662. The molecule has 0 spiro atoms. The van der Waals surface area contributed by atoms with E-state index in [1.165, 1.54) is 0 Å². The lowest BCUT2D eigenvalue weighted by Gasteiger charge is -2.35. The van der Waals surface area contributed by atoms with Crippen LogP contribution in [0.5, 0.6) is 0 Å². The monoisotopic (exact) mass is 347 g/mol. The fourth-order valence-electron chi connectivity index (χ4n) is 1.99. The maximum absolute atomic E-state index is 12.1. The van der Waals surface area contributed by atoms with Gasteiger partial charge in [0.15, 0.2) is 0 Å². The number of hydrogen-bond acceptors (Lipinski definition) is 4. The van der Waals surface area contributed by atoms with Crippen molar-refractivity contribution < 1.29 is 9.53 Å². The second-order valence-corrected chi connectivity index (χ2v) is 5.43. The van der Waals surface area contributed by atoms with Crippen molar-refractivity contribution in [1.82, 2.24) is 10.3 Å². The number of rotatable bonds is 3. The van der Waals surface area contributed by atoms with E-state index in [0.717, 1.165) is 4.47 Å². The quantitative estimate of drug-likeness (QED) is 0.905. The molecule has 104 valence electrons. The third-order valence-electron chi connectivity index (χ3n) is 2.84. The van der Waals surface area contributed by atoms with Crippen LogP contribution < -0.4 is 10.2 Å². The molecule has 1 aliphatic rings. The van der Waals surface area contributed by atoms with Crippen LogP contribution in [0.4, 0.5) is 5.82 Å². The van der Waals surface area contributed by atoms with E-state index >= 15 is 0 Å². The minimum absolute atomic E-state index is 0.0501. The van der Waals surface area contributed by atoms with Gasteiger partial charge in [0.05, 0.1) is 22.7 Å². The highest BCUT2D eigenvalue weighted by atomic mass is 79.9. The second kappa shape index (κ2) is 6.54. The number of nitrogens with one attached hydrogen (secondary N) is 1. The van der Waals surface area contributed by atoms with E-state index in [1.807, 2.05) is 11.8 Å². The Labute approximate surface area is 125 Å². The molecule has 5 nitrogen and oxygen atoms in total. The minimum atomic E-state index is -0.362. The summed E-state index contributed by atoms with van der Waals surface area (Å²) in [7, 11) is 0. The molecule has 1 fully saturated rings. The zero-order valence-electron chi connectivity index (χ0n) is 10.5. The number of ether oxygens (including phenoxy) is 1. The molecule has 2 rings (SSSR count). The van der Waals surface area contributed by atoms with E-state index < -0.39 is 0 Å². The van der Waals surface area contributed by atoms with Gasteiger partial charge in [-0.1, -0.05) is 11.6 Å². The Balaban J connectivity index is 2.26. The minimum Gasteiger partial charge on any atom is -0.377 e. The number of hydrogen-bond donors (Lipinski definition) is 1. The van der Waals surface area contributed by atoms with Crippen molar-refractivity contribution in [2.75, 3.05) is 31.2 Å². The summed E-state index contributed by atoms with van der Waals surface area (Å²) in [6.07, 6.45) is 1.58. The molecule has 1 atom stereocenters. The molecule has 0 aromatic carbocycles. The van der Waals surface area contributed by atoms with Gasteiger partial charge in [0.25, 0.3) is 0 Å². The van der Waals surface area contributed by atoms with Gasteiger partial charge in [0.1, 0.15) is 11.9 Å². The van der Waals surface area contributed by atoms with Crippen LogP contribution >= 0.6 is 27.5 Å². The lowest BCUT2D eigenvalue weighted by atomic mass is 10.2. The number of aromatic nitrogens is 1. The Morgan fingerprint density at radius 3 is 3.21 bits per heavy atom. The maximum atomic E-state index is 12.1. The predicted octanol–water partition coefficient (Wildman–Crippen LogP) is 1.84. The molecule has 1 aliphatic heterocycles. The number of amides is 1. The van der Waals surface area contributed by atoms with Gasteiger partial charge in [0.2, 0.25) is 5.91 Å². The molecule has 0 aliphatic carbocycles. The van der Waals surface area contributed by atoms with E-state index in [9.17, 15) is 4.79 Å². The number of anilines is 1. The van der Waals surface area contributed by atoms with Crippen LogP contribution in [0, 0.1) is 0 Å². The molecule has 1 aromatic rings. The molecule has 1 amide bonds. The number of pyridine rings is 1. The van der Waals surface area contributed by atoms with Crippen LogP contribution in [0.25, 0.3) is 0 Å². The van der Waals surface area contributed by atoms with Gasteiger partial charge in [-0.3, -0.25) is 4.79 Å². The number of nitrogens with zero attached hydrogens (tertiary/aromatic N) is 2. The molecule has 0 saturated carbocycles.